The Kier molecular flexibility index (Phi) is 3.87. The van der Waals surface area contributed by atoms with Crippen LogP contribution in [0.5, 0.6) is 0 Å². The smallest absolute Gasteiger partial charge is 0.130 e. The molecule has 0 aromatic rings. The summed E-state index contributed by atoms with van der Waals surface area (Å²) >= 11 is 5.28. The van der Waals surface area contributed by atoms with Gasteiger partial charge in [0.15, 0.2) is 0 Å². The first-order valence-corrected chi connectivity index (χ1v) is 2.75. The van der Waals surface area contributed by atoms with Crippen molar-refractivity contribution in [2.24, 2.45) is 0 Å². The van der Waals surface area contributed by atoms with E-state index in [1.54, 1.807) is 6.92 Å². The summed E-state index contributed by atoms with van der Waals surface area (Å²) in [6, 6.07) is 0. The quantitative estimate of drug-likeness (QED) is 0.250. The molecule has 2 nitrogen and oxygen atoms in total. The average Bonchev–Trinajstić information content (AvgIpc) is 1.69. The molecule has 0 aliphatic rings. The van der Waals surface area contributed by atoms with Gasteiger partial charge in [-0.1, -0.05) is 6.58 Å². The van der Waals surface area contributed by atoms with Crippen LogP contribution in [0.3, 0.4) is 0 Å². The lowest BCUT2D eigenvalue weighted by molar-refractivity contribution is -0.321. The van der Waals surface area contributed by atoms with E-state index < -0.39 is 6.10 Å². The van der Waals surface area contributed by atoms with E-state index in [2.05, 4.69) is 11.5 Å². The molecular weight excluding hydrogens is 128 g/mol. The lowest BCUT2D eigenvalue weighted by Crippen LogP contribution is -2.11. The maximum atomic E-state index is 9.66. The van der Waals surface area contributed by atoms with Gasteiger partial charge < -0.3 is 0 Å². The van der Waals surface area contributed by atoms with Crippen molar-refractivity contribution >= 4 is 11.6 Å². The van der Waals surface area contributed by atoms with Gasteiger partial charge in [0.05, 0.1) is 5.88 Å². The van der Waals surface area contributed by atoms with Gasteiger partial charge >= 0.3 is 0 Å². The van der Waals surface area contributed by atoms with Crippen molar-refractivity contribution in [1.82, 2.24) is 0 Å². The highest BCUT2D eigenvalue weighted by Gasteiger charge is 2.06. The normalized spacial score (nSPS) is 13.4. The van der Waals surface area contributed by atoms with Gasteiger partial charge in [-0.2, -0.15) is 4.89 Å². The van der Waals surface area contributed by atoms with Crippen molar-refractivity contribution in [3.63, 3.8) is 0 Å². The van der Waals surface area contributed by atoms with E-state index >= 15 is 0 Å². The van der Waals surface area contributed by atoms with Crippen molar-refractivity contribution in [3.05, 3.63) is 12.2 Å². The van der Waals surface area contributed by atoms with Crippen molar-refractivity contribution in [2.75, 3.05) is 5.88 Å². The Morgan fingerprint density at radius 1 is 2.00 bits per heavy atom. The summed E-state index contributed by atoms with van der Waals surface area (Å²) in [5, 5.41) is 9.66. The molecule has 1 radical (unpaired) electrons. The Bertz CT molecular complexity index is 78.5. The molecule has 0 aliphatic heterocycles. The molecule has 8 heavy (non-hydrogen) atoms. The van der Waals surface area contributed by atoms with Gasteiger partial charge in [-0.25, -0.2) is 0 Å². The average molecular weight is 136 g/mol. The molecule has 0 saturated heterocycles. The lowest BCUT2D eigenvalue weighted by atomic mass is 10.2. The van der Waals surface area contributed by atoms with Crippen LogP contribution in [0.4, 0.5) is 0 Å². The van der Waals surface area contributed by atoms with Crippen LogP contribution >= 0.6 is 11.6 Å². The van der Waals surface area contributed by atoms with Crippen molar-refractivity contribution < 1.29 is 10.1 Å². The predicted octanol–water partition coefficient (Wildman–Crippen LogP) is 1.53. The second kappa shape index (κ2) is 3.89. The molecule has 0 fully saturated rings. The third-order valence-corrected chi connectivity index (χ3v) is 1.09. The molecule has 0 bridgehead atoms. The van der Waals surface area contributed by atoms with Gasteiger partial charge in [0, 0.05) is 0 Å². The lowest BCUT2D eigenvalue weighted by Gasteiger charge is -2.04. The molecule has 0 N–H and O–H groups in total. The van der Waals surface area contributed by atoms with E-state index in [4.69, 9.17) is 11.6 Å². The molecule has 1 unspecified atom stereocenters. The van der Waals surface area contributed by atoms with Crippen LogP contribution in [0.1, 0.15) is 6.92 Å². The highest BCUT2D eigenvalue weighted by molar-refractivity contribution is 6.18. The fourth-order valence-electron chi connectivity index (χ4n) is 0.240. The van der Waals surface area contributed by atoms with Gasteiger partial charge in [-0.3, -0.25) is 0 Å². The first-order chi connectivity index (χ1) is 3.72. The maximum Gasteiger partial charge on any atom is 0.130 e. The van der Waals surface area contributed by atoms with Crippen molar-refractivity contribution in [2.45, 2.75) is 13.0 Å². The minimum Gasteiger partial charge on any atom is -0.195 e. The van der Waals surface area contributed by atoms with Crippen LogP contribution in [0.15, 0.2) is 12.2 Å². The molecule has 3 heteroatoms. The summed E-state index contributed by atoms with van der Waals surface area (Å²) in [4.78, 5) is 3.68. The van der Waals surface area contributed by atoms with E-state index in [9.17, 15) is 5.26 Å². The van der Waals surface area contributed by atoms with Crippen molar-refractivity contribution in [3.8, 4) is 0 Å². The number of alkyl halides is 1. The summed E-state index contributed by atoms with van der Waals surface area (Å²) < 4.78 is 0. The molecule has 0 aliphatic carbocycles. The molecule has 0 heterocycles. The monoisotopic (exact) mass is 135 g/mol. The standard InChI is InChI=1S/C5H8ClO2/c1-4(2)5(3-6)8-7/h5H,1,3H2,2H3. The molecule has 0 spiro atoms. The van der Waals surface area contributed by atoms with Crippen LogP contribution in [-0.4, -0.2) is 12.0 Å². The van der Waals surface area contributed by atoms with Crippen LogP contribution in [0.25, 0.3) is 0 Å². The number of hydrogen-bond donors (Lipinski definition) is 0. The van der Waals surface area contributed by atoms with E-state index in [0.717, 1.165) is 0 Å². The van der Waals surface area contributed by atoms with E-state index in [1.807, 2.05) is 0 Å². The summed E-state index contributed by atoms with van der Waals surface area (Å²) in [6.45, 7) is 5.19. The maximum absolute atomic E-state index is 9.66. The highest BCUT2D eigenvalue weighted by Crippen LogP contribution is 2.03. The molecule has 0 amide bonds. The summed E-state index contributed by atoms with van der Waals surface area (Å²) in [7, 11) is 0. The van der Waals surface area contributed by atoms with E-state index in [0.29, 0.717) is 5.57 Å². The molecule has 0 saturated carbocycles. The SMILES string of the molecule is C=C(C)C(CCl)O[O]. The van der Waals surface area contributed by atoms with Gasteiger partial charge in [-0.05, 0) is 17.8 Å². The zero-order valence-electron chi connectivity index (χ0n) is 4.69. The topological polar surface area (TPSA) is 29.1 Å². The summed E-state index contributed by atoms with van der Waals surface area (Å²) in [6.07, 6.45) is -0.531. The Hall–Kier alpha value is -0.0500. The number of rotatable bonds is 3. The van der Waals surface area contributed by atoms with Crippen molar-refractivity contribution in [1.29, 1.82) is 0 Å². The van der Waals surface area contributed by atoms with Gasteiger partial charge in [0.2, 0.25) is 0 Å². The molecule has 0 aromatic carbocycles. The molecule has 1 atom stereocenters. The largest absolute Gasteiger partial charge is 0.195 e. The zero-order chi connectivity index (χ0) is 6.57. The van der Waals surface area contributed by atoms with E-state index in [1.165, 1.54) is 0 Å². The highest BCUT2D eigenvalue weighted by atomic mass is 35.5. The Balaban J connectivity index is 3.52. The van der Waals surface area contributed by atoms with Gasteiger partial charge in [-0.15, -0.1) is 11.6 Å². The second-order valence-electron chi connectivity index (χ2n) is 1.59. The fraction of sp³-hybridized carbons (Fsp3) is 0.600. The van der Waals surface area contributed by atoms with Crippen LogP contribution < -0.4 is 0 Å². The first-order valence-electron chi connectivity index (χ1n) is 2.22. The van der Waals surface area contributed by atoms with Gasteiger partial charge in [0.1, 0.15) is 6.10 Å². The summed E-state index contributed by atoms with van der Waals surface area (Å²) in [5.41, 5.74) is 0.662. The first kappa shape index (κ1) is 7.95. The van der Waals surface area contributed by atoms with Crippen LogP contribution in [0.2, 0.25) is 0 Å². The fourth-order valence-corrected chi connectivity index (χ4v) is 0.554. The Morgan fingerprint density at radius 3 is 2.50 bits per heavy atom. The van der Waals surface area contributed by atoms with Crippen LogP contribution in [0, 0.1) is 0 Å². The zero-order valence-corrected chi connectivity index (χ0v) is 5.44. The summed E-state index contributed by atoms with van der Waals surface area (Å²) in [5.74, 6) is 0.179. The minimum atomic E-state index is -0.531. The Morgan fingerprint density at radius 2 is 2.50 bits per heavy atom. The Labute approximate surface area is 53.6 Å². The minimum absolute atomic E-state index is 0.179. The predicted molar refractivity (Wildman–Crippen MR) is 31.1 cm³/mol. The van der Waals surface area contributed by atoms with Gasteiger partial charge in [0.25, 0.3) is 0 Å². The third kappa shape index (κ3) is 2.31. The number of halogens is 1. The number of hydrogen-bond acceptors (Lipinski definition) is 1. The second-order valence-corrected chi connectivity index (χ2v) is 1.89. The molecular formula is C5H8ClO2. The van der Waals surface area contributed by atoms with E-state index in [-0.39, 0.29) is 5.88 Å². The molecule has 0 rings (SSSR count). The molecule has 0 aromatic heterocycles. The third-order valence-electron chi connectivity index (χ3n) is 0.806. The van der Waals surface area contributed by atoms with Crippen LogP contribution in [-0.2, 0) is 10.1 Å². The molecule has 47 valence electrons.